The Hall–Kier alpha value is -1.13. The van der Waals surface area contributed by atoms with Gasteiger partial charge in [0.15, 0.2) is 0 Å². The lowest BCUT2D eigenvalue weighted by molar-refractivity contribution is 0.1000. The highest BCUT2D eigenvalue weighted by atomic mass is 35.5. The number of benzene rings is 1. The van der Waals surface area contributed by atoms with E-state index < -0.39 is 11.7 Å². The lowest BCUT2D eigenvalue weighted by Crippen LogP contribution is -2.12. The molecule has 1 aromatic rings. The Kier molecular flexibility index (Phi) is 2.85. The molecular formula is C8H7ClFNO2. The minimum atomic E-state index is -0.820. The van der Waals surface area contributed by atoms with Crippen molar-refractivity contribution in [3.8, 4) is 0 Å². The number of aliphatic hydroxyl groups excluding tert-OH is 1. The molecule has 0 aliphatic heterocycles. The number of nitrogens with two attached hydrogens (primary N) is 1. The summed E-state index contributed by atoms with van der Waals surface area (Å²) in [6, 6.07) is 2.31. The van der Waals surface area contributed by atoms with Gasteiger partial charge in [-0.05, 0) is 17.7 Å². The Labute approximate surface area is 78.9 Å². The summed E-state index contributed by atoms with van der Waals surface area (Å²) in [7, 11) is 0. The fourth-order valence-electron chi connectivity index (χ4n) is 0.916. The van der Waals surface area contributed by atoms with Gasteiger partial charge in [0.25, 0.3) is 0 Å². The molecule has 70 valence electrons. The second-order valence-electron chi connectivity index (χ2n) is 2.46. The number of amides is 1. The van der Waals surface area contributed by atoms with Crippen molar-refractivity contribution in [2.75, 3.05) is 0 Å². The van der Waals surface area contributed by atoms with Crippen molar-refractivity contribution >= 4 is 17.5 Å². The second kappa shape index (κ2) is 3.72. The smallest absolute Gasteiger partial charge is 0.250 e. The van der Waals surface area contributed by atoms with Crippen LogP contribution in [0.2, 0.25) is 5.02 Å². The summed E-state index contributed by atoms with van der Waals surface area (Å²) in [4.78, 5) is 10.7. The highest BCUT2D eigenvalue weighted by Crippen LogP contribution is 2.21. The van der Waals surface area contributed by atoms with Crippen molar-refractivity contribution in [2.45, 2.75) is 6.61 Å². The summed E-state index contributed by atoms with van der Waals surface area (Å²) in [6.45, 7) is -0.367. The lowest BCUT2D eigenvalue weighted by atomic mass is 10.1. The van der Waals surface area contributed by atoms with Crippen molar-refractivity contribution < 1.29 is 14.3 Å². The lowest BCUT2D eigenvalue weighted by Gasteiger charge is -2.03. The monoisotopic (exact) mass is 203 g/mol. The average Bonchev–Trinajstić information content (AvgIpc) is 2.09. The Morgan fingerprint density at radius 1 is 1.62 bits per heavy atom. The van der Waals surface area contributed by atoms with E-state index in [1.54, 1.807) is 0 Å². The van der Waals surface area contributed by atoms with Crippen LogP contribution in [-0.2, 0) is 6.61 Å². The molecule has 0 bridgehead atoms. The molecule has 0 aliphatic rings. The quantitative estimate of drug-likeness (QED) is 0.755. The fraction of sp³-hybridized carbons (Fsp3) is 0.125. The molecule has 0 saturated carbocycles. The van der Waals surface area contributed by atoms with Crippen LogP contribution in [-0.4, -0.2) is 11.0 Å². The maximum Gasteiger partial charge on any atom is 0.250 e. The van der Waals surface area contributed by atoms with Crippen LogP contribution in [0.1, 0.15) is 15.9 Å². The molecule has 0 heterocycles. The molecule has 1 amide bonds. The number of hydrogen-bond donors (Lipinski definition) is 2. The van der Waals surface area contributed by atoms with E-state index in [9.17, 15) is 9.18 Å². The van der Waals surface area contributed by atoms with Gasteiger partial charge in [-0.15, -0.1) is 0 Å². The molecule has 1 rings (SSSR count). The molecule has 0 aromatic heterocycles. The third-order valence-electron chi connectivity index (χ3n) is 1.54. The molecule has 0 unspecified atom stereocenters. The molecule has 0 fully saturated rings. The minimum absolute atomic E-state index is 0.120. The zero-order valence-electron chi connectivity index (χ0n) is 6.55. The van der Waals surface area contributed by atoms with Gasteiger partial charge in [0.2, 0.25) is 5.91 Å². The largest absolute Gasteiger partial charge is 0.392 e. The van der Waals surface area contributed by atoms with E-state index in [2.05, 4.69) is 0 Å². The van der Waals surface area contributed by atoms with Gasteiger partial charge < -0.3 is 10.8 Å². The molecule has 3 nitrogen and oxygen atoms in total. The summed E-state index contributed by atoms with van der Waals surface area (Å²) < 4.78 is 12.9. The van der Waals surface area contributed by atoms with Crippen molar-refractivity contribution in [1.29, 1.82) is 0 Å². The third kappa shape index (κ3) is 1.96. The van der Waals surface area contributed by atoms with Crippen molar-refractivity contribution in [3.63, 3.8) is 0 Å². The first kappa shape index (κ1) is 9.95. The van der Waals surface area contributed by atoms with Gasteiger partial charge in [-0.1, -0.05) is 11.6 Å². The van der Waals surface area contributed by atoms with Crippen LogP contribution in [0.25, 0.3) is 0 Å². The zero-order valence-corrected chi connectivity index (χ0v) is 7.31. The highest BCUT2D eigenvalue weighted by Gasteiger charge is 2.12. The van der Waals surface area contributed by atoms with Gasteiger partial charge in [-0.3, -0.25) is 4.79 Å². The fourth-order valence-corrected chi connectivity index (χ4v) is 1.12. The Morgan fingerprint density at radius 3 is 2.69 bits per heavy atom. The second-order valence-corrected chi connectivity index (χ2v) is 2.84. The first-order chi connectivity index (χ1) is 6.06. The van der Waals surface area contributed by atoms with Crippen LogP contribution in [0.3, 0.4) is 0 Å². The summed E-state index contributed by atoms with van der Waals surface area (Å²) >= 11 is 5.46. The van der Waals surface area contributed by atoms with Crippen molar-refractivity contribution in [1.82, 2.24) is 0 Å². The van der Waals surface area contributed by atoms with Crippen LogP contribution < -0.4 is 5.73 Å². The standard InChI is InChI=1S/C8H7ClFNO2/c9-7-5(8(11)13)1-4(3-12)2-6(7)10/h1-2,12H,3H2,(H2,11,13). The van der Waals surface area contributed by atoms with Crippen LogP contribution in [0.15, 0.2) is 12.1 Å². The van der Waals surface area contributed by atoms with Gasteiger partial charge in [0.1, 0.15) is 5.82 Å². The van der Waals surface area contributed by atoms with E-state index in [-0.39, 0.29) is 22.8 Å². The molecular weight excluding hydrogens is 197 g/mol. The number of carbonyl (C=O) groups excluding carboxylic acids is 1. The van der Waals surface area contributed by atoms with E-state index in [0.717, 1.165) is 6.07 Å². The topological polar surface area (TPSA) is 63.3 Å². The maximum atomic E-state index is 12.9. The SMILES string of the molecule is NC(=O)c1cc(CO)cc(F)c1Cl. The number of primary amides is 1. The number of aliphatic hydroxyl groups is 1. The number of halogens is 2. The van der Waals surface area contributed by atoms with E-state index in [1.165, 1.54) is 6.07 Å². The molecule has 0 aliphatic carbocycles. The van der Waals surface area contributed by atoms with Gasteiger partial charge in [0, 0.05) is 0 Å². The Morgan fingerprint density at radius 2 is 2.23 bits per heavy atom. The Balaban J connectivity index is 3.33. The predicted octanol–water partition coefficient (Wildman–Crippen LogP) is 1.07. The molecule has 1 aromatic carbocycles. The summed E-state index contributed by atoms with van der Waals surface area (Å²) in [5, 5.41) is 8.38. The Bertz CT molecular complexity index is 354. The van der Waals surface area contributed by atoms with Gasteiger partial charge in [0.05, 0.1) is 17.2 Å². The summed E-state index contributed by atoms with van der Waals surface area (Å²) in [5.74, 6) is -1.58. The number of hydrogen-bond acceptors (Lipinski definition) is 2. The molecule has 0 spiro atoms. The molecule has 5 heteroatoms. The number of carbonyl (C=O) groups is 1. The number of rotatable bonds is 2. The van der Waals surface area contributed by atoms with E-state index in [4.69, 9.17) is 22.4 Å². The molecule has 0 atom stereocenters. The first-order valence-corrected chi connectivity index (χ1v) is 3.82. The molecule has 0 saturated heterocycles. The third-order valence-corrected chi connectivity index (χ3v) is 1.92. The van der Waals surface area contributed by atoms with Crippen LogP contribution in [0.5, 0.6) is 0 Å². The normalized spacial score (nSPS) is 10.1. The first-order valence-electron chi connectivity index (χ1n) is 3.45. The molecule has 13 heavy (non-hydrogen) atoms. The van der Waals surface area contributed by atoms with E-state index in [1.807, 2.05) is 0 Å². The van der Waals surface area contributed by atoms with Crippen molar-refractivity contribution in [3.05, 3.63) is 34.1 Å². The summed E-state index contributed by atoms with van der Waals surface area (Å²) in [6.07, 6.45) is 0. The van der Waals surface area contributed by atoms with Crippen LogP contribution >= 0.6 is 11.6 Å². The van der Waals surface area contributed by atoms with Gasteiger partial charge >= 0.3 is 0 Å². The van der Waals surface area contributed by atoms with E-state index in [0.29, 0.717) is 0 Å². The molecule has 3 N–H and O–H groups in total. The van der Waals surface area contributed by atoms with E-state index >= 15 is 0 Å². The molecule has 0 radical (unpaired) electrons. The minimum Gasteiger partial charge on any atom is -0.392 e. The van der Waals surface area contributed by atoms with Gasteiger partial charge in [-0.2, -0.15) is 0 Å². The predicted molar refractivity (Wildman–Crippen MR) is 45.9 cm³/mol. The van der Waals surface area contributed by atoms with Crippen molar-refractivity contribution in [2.24, 2.45) is 5.73 Å². The highest BCUT2D eigenvalue weighted by molar-refractivity contribution is 6.33. The van der Waals surface area contributed by atoms with Crippen LogP contribution in [0.4, 0.5) is 4.39 Å². The average molecular weight is 204 g/mol. The van der Waals surface area contributed by atoms with Crippen LogP contribution in [0, 0.1) is 5.82 Å². The maximum absolute atomic E-state index is 12.9. The van der Waals surface area contributed by atoms with Gasteiger partial charge in [-0.25, -0.2) is 4.39 Å². The summed E-state index contributed by atoms with van der Waals surface area (Å²) in [5.41, 5.74) is 5.08. The zero-order chi connectivity index (χ0) is 10.0.